The molecule has 0 spiro atoms. The van der Waals surface area contributed by atoms with Gasteiger partial charge < -0.3 is 15.0 Å². The summed E-state index contributed by atoms with van der Waals surface area (Å²) in [5.41, 5.74) is 3.57. The summed E-state index contributed by atoms with van der Waals surface area (Å²) in [7, 11) is 1.47. The van der Waals surface area contributed by atoms with Crippen molar-refractivity contribution in [2.24, 2.45) is 0 Å². The van der Waals surface area contributed by atoms with Crippen LogP contribution in [-0.4, -0.2) is 40.5 Å². The molecule has 2 aromatic rings. The van der Waals surface area contributed by atoms with E-state index in [0.717, 1.165) is 22.0 Å². The number of aliphatic carboxylic acids is 1. The van der Waals surface area contributed by atoms with Crippen molar-refractivity contribution < 1.29 is 14.7 Å². The minimum atomic E-state index is -1.03. The van der Waals surface area contributed by atoms with Crippen LogP contribution in [0.3, 0.4) is 0 Å². The van der Waals surface area contributed by atoms with Crippen molar-refractivity contribution >= 4 is 22.8 Å². The number of carbonyl (C=O) groups excluding carboxylic acids is 1. The van der Waals surface area contributed by atoms with Crippen LogP contribution in [0.1, 0.15) is 21.6 Å². The molecule has 0 saturated carbocycles. The zero-order chi connectivity index (χ0) is 14.2. The number of aromatic amines is 1. The fourth-order valence-electron chi connectivity index (χ4n) is 2.05. The molecule has 0 bridgehead atoms. The highest BCUT2D eigenvalue weighted by molar-refractivity contribution is 5.99. The first-order valence-electron chi connectivity index (χ1n) is 5.96. The van der Waals surface area contributed by atoms with Crippen LogP contribution in [0.25, 0.3) is 10.9 Å². The van der Waals surface area contributed by atoms with Crippen LogP contribution in [0.5, 0.6) is 0 Å². The third-order valence-corrected chi connectivity index (χ3v) is 3.29. The first kappa shape index (κ1) is 13.1. The lowest BCUT2D eigenvalue weighted by Crippen LogP contribution is -2.32. The number of aromatic nitrogens is 1. The molecule has 2 N–H and O–H groups in total. The molecule has 2 rings (SSSR count). The maximum Gasteiger partial charge on any atom is 0.323 e. The van der Waals surface area contributed by atoms with Gasteiger partial charge in [0.2, 0.25) is 0 Å². The largest absolute Gasteiger partial charge is 0.480 e. The quantitative estimate of drug-likeness (QED) is 0.885. The number of hydrogen-bond donors (Lipinski definition) is 2. The van der Waals surface area contributed by atoms with E-state index < -0.39 is 5.97 Å². The molecule has 0 saturated heterocycles. The normalized spacial score (nSPS) is 10.7. The van der Waals surface area contributed by atoms with E-state index in [1.807, 2.05) is 26.0 Å². The van der Waals surface area contributed by atoms with Gasteiger partial charge in [0.1, 0.15) is 12.2 Å². The molecule has 0 unspecified atom stereocenters. The zero-order valence-corrected chi connectivity index (χ0v) is 11.2. The topological polar surface area (TPSA) is 73.4 Å². The SMILES string of the molecule is Cc1ccc2[nH]c(C(=O)N(C)CC(=O)O)cc2c1C. The second kappa shape index (κ2) is 4.76. The molecule has 0 fully saturated rings. The highest BCUT2D eigenvalue weighted by Crippen LogP contribution is 2.22. The number of carbonyl (C=O) groups is 2. The van der Waals surface area contributed by atoms with Crippen molar-refractivity contribution in [2.75, 3.05) is 13.6 Å². The number of hydrogen-bond acceptors (Lipinski definition) is 2. The number of aryl methyl sites for hydroxylation is 2. The van der Waals surface area contributed by atoms with Crippen molar-refractivity contribution in [3.05, 3.63) is 35.0 Å². The van der Waals surface area contributed by atoms with Crippen LogP contribution in [0.4, 0.5) is 0 Å². The number of nitrogens with zero attached hydrogens (tertiary/aromatic N) is 1. The first-order valence-corrected chi connectivity index (χ1v) is 5.96. The molecular formula is C14H16N2O3. The van der Waals surface area contributed by atoms with Gasteiger partial charge in [0.15, 0.2) is 0 Å². The standard InChI is InChI=1S/C14H16N2O3/c1-8-4-5-11-10(9(8)2)6-12(15-11)14(19)16(3)7-13(17)18/h4-6,15H,7H2,1-3H3,(H,17,18). The van der Waals surface area contributed by atoms with Crippen molar-refractivity contribution in [1.29, 1.82) is 0 Å². The van der Waals surface area contributed by atoms with Gasteiger partial charge in [-0.3, -0.25) is 9.59 Å². The Bertz CT molecular complexity index is 658. The average Bonchev–Trinajstić information content (AvgIpc) is 2.76. The number of likely N-dealkylation sites (N-methyl/N-ethyl adjacent to an activating group) is 1. The van der Waals surface area contributed by atoms with E-state index in [4.69, 9.17) is 5.11 Å². The summed E-state index contributed by atoms with van der Waals surface area (Å²) >= 11 is 0. The number of fused-ring (bicyclic) bond motifs is 1. The van der Waals surface area contributed by atoms with Gasteiger partial charge in [-0.15, -0.1) is 0 Å². The molecule has 19 heavy (non-hydrogen) atoms. The third-order valence-electron chi connectivity index (χ3n) is 3.29. The molecule has 100 valence electrons. The summed E-state index contributed by atoms with van der Waals surface area (Å²) < 4.78 is 0. The van der Waals surface area contributed by atoms with Crippen molar-refractivity contribution in [1.82, 2.24) is 9.88 Å². The Hall–Kier alpha value is -2.30. The zero-order valence-electron chi connectivity index (χ0n) is 11.2. The van der Waals surface area contributed by atoms with Gasteiger partial charge in [-0.25, -0.2) is 0 Å². The first-order chi connectivity index (χ1) is 8.90. The lowest BCUT2D eigenvalue weighted by molar-refractivity contribution is -0.137. The Morgan fingerprint density at radius 3 is 2.63 bits per heavy atom. The van der Waals surface area contributed by atoms with Gasteiger partial charge in [-0.1, -0.05) is 6.07 Å². The predicted molar refractivity (Wildman–Crippen MR) is 72.4 cm³/mol. The van der Waals surface area contributed by atoms with E-state index in [1.54, 1.807) is 6.07 Å². The Morgan fingerprint density at radius 1 is 1.32 bits per heavy atom. The van der Waals surface area contributed by atoms with Crippen LogP contribution in [0, 0.1) is 13.8 Å². The molecule has 5 heteroatoms. The molecule has 0 atom stereocenters. The van der Waals surface area contributed by atoms with E-state index in [0.29, 0.717) is 5.69 Å². The molecule has 5 nitrogen and oxygen atoms in total. The van der Waals surface area contributed by atoms with E-state index in [9.17, 15) is 9.59 Å². The maximum atomic E-state index is 12.1. The van der Waals surface area contributed by atoms with Crippen molar-refractivity contribution in [3.8, 4) is 0 Å². The summed E-state index contributed by atoms with van der Waals surface area (Å²) in [4.78, 5) is 26.9. The van der Waals surface area contributed by atoms with Crippen LogP contribution < -0.4 is 0 Å². The van der Waals surface area contributed by atoms with Gasteiger partial charge in [0, 0.05) is 18.0 Å². The van der Waals surface area contributed by atoms with Crippen LogP contribution in [-0.2, 0) is 4.79 Å². The number of amides is 1. The van der Waals surface area contributed by atoms with Crippen molar-refractivity contribution in [2.45, 2.75) is 13.8 Å². The molecule has 0 aliphatic carbocycles. The van der Waals surface area contributed by atoms with Crippen LogP contribution >= 0.6 is 0 Å². The van der Waals surface area contributed by atoms with Gasteiger partial charge in [-0.2, -0.15) is 0 Å². The Labute approximate surface area is 110 Å². The molecule has 1 aromatic heterocycles. The minimum absolute atomic E-state index is 0.313. The van der Waals surface area contributed by atoms with Crippen LogP contribution in [0.15, 0.2) is 18.2 Å². The number of nitrogens with one attached hydrogen (secondary N) is 1. The summed E-state index contributed by atoms with van der Waals surface area (Å²) in [6.07, 6.45) is 0. The fourth-order valence-corrected chi connectivity index (χ4v) is 2.05. The van der Waals surface area contributed by atoms with Gasteiger partial charge in [0.05, 0.1) is 0 Å². The third kappa shape index (κ3) is 2.45. The summed E-state index contributed by atoms with van der Waals surface area (Å²) in [5.74, 6) is -1.35. The van der Waals surface area contributed by atoms with Crippen LogP contribution in [0.2, 0.25) is 0 Å². The smallest absolute Gasteiger partial charge is 0.323 e. The van der Waals surface area contributed by atoms with Gasteiger partial charge >= 0.3 is 5.97 Å². The summed E-state index contributed by atoms with van der Waals surface area (Å²) in [5, 5.41) is 9.69. The van der Waals surface area contributed by atoms with Gasteiger partial charge in [0.25, 0.3) is 5.91 Å². The highest BCUT2D eigenvalue weighted by Gasteiger charge is 2.17. The Morgan fingerprint density at radius 2 is 2.00 bits per heavy atom. The predicted octanol–water partition coefficient (Wildman–Crippen LogP) is 1.94. The lowest BCUT2D eigenvalue weighted by atomic mass is 10.1. The molecule has 0 aliphatic heterocycles. The summed E-state index contributed by atoms with van der Waals surface area (Å²) in [6, 6.07) is 5.69. The second-order valence-corrected chi connectivity index (χ2v) is 4.71. The van der Waals surface area contributed by atoms with E-state index in [1.165, 1.54) is 11.9 Å². The Balaban J connectivity index is 2.39. The van der Waals surface area contributed by atoms with Gasteiger partial charge in [-0.05, 0) is 37.1 Å². The highest BCUT2D eigenvalue weighted by atomic mass is 16.4. The number of benzene rings is 1. The summed E-state index contributed by atoms with van der Waals surface area (Å²) in [6.45, 7) is 3.70. The fraction of sp³-hybridized carbons (Fsp3) is 0.286. The molecule has 0 radical (unpaired) electrons. The molecule has 0 aliphatic rings. The van der Waals surface area contributed by atoms with Crippen molar-refractivity contribution in [3.63, 3.8) is 0 Å². The number of carboxylic acids is 1. The number of carboxylic acid groups (broad SMARTS) is 1. The molecule has 1 amide bonds. The average molecular weight is 260 g/mol. The molecule has 1 heterocycles. The molecular weight excluding hydrogens is 244 g/mol. The lowest BCUT2D eigenvalue weighted by Gasteiger charge is -2.12. The number of rotatable bonds is 3. The minimum Gasteiger partial charge on any atom is -0.480 e. The van der Waals surface area contributed by atoms with E-state index in [-0.39, 0.29) is 12.5 Å². The number of H-pyrrole nitrogens is 1. The van der Waals surface area contributed by atoms with E-state index >= 15 is 0 Å². The van der Waals surface area contributed by atoms with E-state index in [2.05, 4.69) is 4.98 Å². The molecule has 1 aromatic carbocycles. The Kier molecular flexibility index (Phi) is 3.29. The monoisotopic (exact) mass is 260 g/mol. The second-order valence-electron chi connectivity index (χ2n) is 4.71. The maximum absolute atomic E-state index is 12.1.